The molecule has 1 saturated carbocycles. The Morgan fingerprint density at radius 1 is 1.47 bits per heavy atom. The third-order valence-electron chi connectivity index (χ3n) is 3.57. The van der Waals surface area contributed by atoms with Crippen molar-refractivity contribution in [2.24, 2.45) is 5.41 Å². The Morgan fingerprint density at radius 2 is 2.20 bits per heavy atom. The predicted octanol–water partition coefficient (Wildman–Crippen LogP) is 3.40. The Bertz CT molecular complexity index is 313. The maximum absolute atomic E-state index is 4.39. The van der Waals surface area contributed by atoms with Crippen LogP contribution in [0.15, 0.2) is 12.4 Å². The Morgan fingerprint density at radius 3 is 2.80 bits per heavy atom. The number of nitrogens with zero attached hydrogens (tertiary/aromatic N) is 2. The van der Waals surface area contributed by atoms with Crippen LogP contribution in [-0.4, -0.2) is 14.9 Å². The number of aryl methyl sites for hydroxylation is 1. The quantitative estimate of drug-likeness (QED) is 0.767. The van der Waals surface area contributed by atoms with Crippen molar-refractivity contribution >= 4 is 15.9 Å². The first-order valence-corrected chi connectivity index (χ1v) is 6.98. The average Bonchev–Trinajstić information content (AvgIpc) is 2.88. The van der Waals surface area contributed by atoms with Gasteiger partial charge in [-0.2, -0.15) is 0 Å². The van der Waals surface area contributed by atoms with Gasteiger partial charge in [-0.3, -0.25) is 0 Å². The van der Waals surface area contributed by atoms with Crippen molar-refractivity contribution in [1.82, 2.24) is 9.55 Å². The van der Waals surface area contributed by atoms with Crippen LogP contribution >= 0.6 is 15.9 Å². The number of rotatable bonds is 4. The van der Waals surface area contributed by atoms with Gasteiger partial charge in [-0.25, -0.2) is 4.98 Å². The molecular formula is C12H19BrN2. The van der Waals surface area contributed by atoms with Crippen LogP contribution in [0.2, 0.25) is 0 Å². The van der Waals surface area contributed by atoms with Gasteiger partial charge < -0.3 is 4.57 Å². The van der Waals surface area contributed by atoms with Crippen molar-refractivity contribution < 1.29 is 0 Å². The van der Waals surface area contributed by atoms with Gasteiger partial charge in [0.15, 0.2) is 0 Å². The average molecular weight is 271 g/mol. The van der Waals surface area contributed by atoms with Crippen LogP contribution in [0.1, 0.15) is 38.4 Å². The Hall–Kier alpha value is -0.310. The van der Waals surface area contributed by atoms with Crippen molar-refractivity contribution in [2.45, 2.75) is 45.6 Å². The number of hydrogen-bond donors (Lipinski definition) is 0. The second-order valence-corrected chi connectivity index (χ2v) is 5.23. The molecule has 0 bridgehead atoms. The first kappa shape index (κ1) is 11.2. The molecule has 0 unspecified atom stereocenters. The lowest BCUT2D eigenvalue weighted by Gasteiger charge is -2.27. The van der Waals surface area contributed by atoms with Gasteiger partial charge in [0, 0.05) is 30.7 Å². The van der Waals surface area contributed by atoms with E-state index in [9.17, 15) is 0 Å². The Kier molecular flexibility index (Phi) is 3.49. The number of halogens is 1. The van der Waals surface area contributed by atoms with Crippen molar-refractivity contribution in [1.29, 1.82) is 0 Å². The number of alkyl halides is 1. The van der Waals surface area contributed by atoms with E-state index in [1.165, 1.54) is 31.5 Å². The molecule has 1 aromatic rings. The van der Waals surface area contributed by atoms with Gasteiger partial charge in [-0.05, 0) is 18.3 Å². The summed E-state index contributed by atoms with van der Waals surface area (Å²) in [6.07, 6.45) is 10.6. The fraction of sp³-hybridized carbons (Fsp3) is 0.750. The zero-order valence-electron chi connectivity index (χ0n) is 9.38. The molecule has 0 spiro atoms. The molecule has 0 atom stereocenters. The van der Waals surface area contributed by atoms with E-state index in [1.807, 2.05) is 6.20 Å². The van der Waals surface area contributed by atoms with E-state index in [2.05, 4.69) is 38.6 Å². The van der Waals surface area contributed by atoms with E-state index >= 15 is 0 Å². The van der Waals surface area contributed by atoms with Crippen LogP contribution in [-0.2, 0) is 13.0 Å². The second-order valence-electron chi connectivity index (χ2n) is 4.67. The molecule has 1 heterocycles. The van der Waals surface area contributed by atoms with Gasteiger partial charge in [-0.1, -0.05) is 35.7 Å². The summed E-state index contributed by atoms with van der Waals surface area (Å²) in [5, 5.41) is 1.13. The molecule has 2 nitrogen and oxygen atoms in total. The predicted molar refractivity (Wildman–Crippen MR) is 66.3 cm³/mol. The summed E-state index contributed by atoms with van der Waals surface area (Å²) in [5.74, 6) is 1.22. The Balaban J connectivity index is 2.12. The van der Waals surface area contributed by atoms with E-state index in [0.717, 1.165) is 18.3 Å². The van der Waals surface area contributed by atoms with Gasteiger partial charge in [0.25, 0.3) is 0 Å². The SMILES string of the molecule is CCc1nccn1CC1(CBr)CCCC1. The lowest BCUT2D eigenvalue weighted by atomic mass is 9.88. The molecule has 0 aromatic carbocycles. The van der Waals surface area contributed by atoms with E-state index in [-0.39, 0.29) is 0 Å². The number of hydrogen-bond acceptors (Lipinski definition) is 1. The largest absolute Gasteiger partial charge is 0.334 e. The molecule has 1 fully saturated rings. The topological polar surface area (TPSA) is 17.8 Å². The summed E-state index contributed by atoms with van der Waals surface area (Å²) < 4.78 is 2.34. The van der Waals surface area contributed by atoms with E-state index in [4.69, 9.17) is 0 Å². The molecule has 1 aliphatic carbocycles. The summed E-state index contributed by atoms with van der Waals surface area (Å²) in [7, 11) is 0. The molecule has 0 aliphatic heterocycles. The molecular weight excluding hydrogens is 252 g/mol. The summed E-state index contributed by atoms with van der Waals surface area (Å²) >= 11 is 3.69. The van der Waals surface area contributed by atoms with Gasteiger partial charge in [0.2, 0.25) is 0 Å². The van der Waals surface area contributed by atoms with Gasteiger partial charge in [-0.15, -0.1) is 0 Å². The van der Waals surface area contributed by atoms with Gasteiger partial charge in [0.05, 0.1) is 0 Å². The normalized spacial score (nSPS) is 19.6. The molecule has 84 valence electrons. The minimum atomic E-state index is 0.491. The van der Waals surface area contributed by atoms with E-state index in [0.29, 0.717) is 5.41 Å². The molecule has 1 aliphatic rings. The standard InChI is InChI=1S/C12H19BrN2/c1-2-11-14-7-8-15(11)10-12(9-13)5-3-4-6-12/h7-8H,2-6,9-10H2,1H3. The lowest BCUT2D eigenvalue weighted by molar-refractivity contribution is 0.288. The molecule has 0 saturated heterocycles. The highest BCUT2D eigenvalue weighted by Crippen LogP contribution is 2.41. The van der Waals surface area contributed by atoms with Gasteiger partial charge in [0.1, 0.15) is 5.82 Å². The van der Waals surface area contributed by atoms with Crippen molar-refractivity contribution in [3.05, 3.63) is 18.2 Å². The summed E-state index contributed by atoms with van der Waals surface area (Å²) in [6, 6.07) is 0. The lowest BCUT2D eigenvalue weighted by Crippen LogP contribution is -2.25. The molecule has 0 amide bonds. The van der Waals surface area contributed by atoms with Crippen LogP contribution in [0.3, 0.4) is 0 Å². The molecule has 3 heteroatoms. The summed E-state index contributed by atoms with van der Waals surface area (Å²) in [6.45, 7) is 3.32. The highest BCUT2D eigenvalue weighted by molar-refractivity contribution is 9.09. The highest BCUT2D eigenvalue weighted by atomic mass is 79.9. The monoisotopic (exact) mass is 270 g/mol. The van der Waals surface area contributed by atoms with Crippen LogP contribution in [0.25, 0.3) is 0 Å². The molecule has 0 N–H and O–H groups in total. The molecule has 0 radical (unpaired) electrons. The molecule has 15 heavy (non-hydrogen) atoms. The van der Waals surface area contributed by atoms with Crippen molar-refractivity contribution in [3.63, 3.8) is 0 Å². The number of imidazole rings is 1. The van der Waals surface area contributed by atoms with Crippen LogP contribution in [0, 0.1) is 5.41 Å². The van der Waals surface area contributed by atoms with Crippen LogP contribution in [0.5, 0.6) is 0 Å². The smallest absolute Gasteiger partial charge is 0.108 e. The first-order valence-electron chi connectivity index (χ1n) is 5.86. The molecule has 2 rings (SSSR count). The third-order valence-corrected chi connectivity index (χ3v) is 4.76. The summed E-state index contributed by atoms with van der Waals surface area (Å²) in [5.41, 5.74) is 0.491. The Labute approximate surface area is 100 Å². The fourth-order valence-electron chi connectivity index (χ4n) is 2.62. The van der Waals surface area contributed by atoms with E-state index in [1.54, 1.807) is 0 Å². The van der Waals surface area contributed by atoms with Gasteiger partial charge >= 0.3 is 0 Å². The number of aromatic nitrogens is 2. The molecule has 1 aromatic heterocycles. The zero-order valence-corrected chi connectivity index (χ0v) is 11.0. The first-order chi connectivity index (χ1) is 7.29. The minimum absolute atomic E-state index is 0.491. The van der Waals surface area contributed by atoms with E-state index < -0.39 is 0 Å². The zero-order chi connectivity index (χ0) is 10.7. The van der Waals surface area contributed by atoms with Crippen LogP contribution < -0.4 is 0 Å². The minimum Gasteiger partial charge on any atom is -0.334 e. The third kappa shape index (κ3) is 2.27. The van der Waals surface area contributed by atoms with Crippen molar-refractivity contribution in [2.75, 3.05) is 5.33 Å². The maximum atomic E-state index is 4.39. The van der Waals surface area contributed by atoms with Crippen LogP contribution in [0.4, 0.5) is 0 Å². The fourth-order valence-corrected chi connectivity index (χ4v) is 3.36. The highest BCUT2D eigenvalue weighted by Gasteiger charge is 2.33. The maximum Gasteiger partial charge on any atom is 0.108 e. The summed E-state index contributed by atoms with van der Waals surface area (Å²) in [4.78, 5) is 4.39. The second kappa shape index (κ2) is 4.69. The van der Waals surface area contributed by atoms with Crippen molar-refractivity contribution in [3.8, 4) is 0 Å².